The van der Waals surface area contributed by atoms with Crippen LogP contribution >= 0.6 is 0 Å². The fourth-order valence-corrected chi connectivity index (χ4v) is 4.43. The van der Waals surface area contributed by atoms with Crippen molar-refractivity contribution in [3.05, 3.63) is 17.2 Å². The first-order chi connectivity index (χ1) is 11.1. The smallest absolute Gasteiger partial charge is 0.143 e. The Hall–Kier alpha value is -1.89. The molecule has 1 saturated carbocycles. The number of nitrogen functional groups attached to an aromatic ring is 1. The largest absolute Gasteiger partial charge is 0.486 e. The lowest BCUT2D eigenvalue weighted by Gasteiger charge is -2.46. The van der Waals surface area contributed by atoms with Crippen LogP contribution in [0.2, 0.25) is 0 Å². The van der Waals surface area contributed by atoms with E-state index < -0.39 is 0 Å². The van der Waals surface area contributed by atoms with Gasteiger partial charge >= 0.3 is 0 Å². The van der Waals surface area contributed by atoms with Crippen molar-refractivity contribution in [1.82, 2.24) is 0 Å². The number of nitriles is 1. The number of anilines is 2. The van der Waals surface area contributed by atoms with Gasteiger partial charge in [-0.2, -0.15) is 5.26 Å². The number of fused-ring (bicyclic) bond motifs is 1. The third kappa shape index (κ3) is 2.34. The molecular weight excluding hydrogens is 286 g/mol. The van der Waals surface area contributed by atoms with Gasteiger partial charge in [0.05, 0.1) is 11.4 Å². The van der Waals surface area contributed by atoms with Crippen LogP contribution in [0.15, 0.2) is 6.07 Å². The van der Waals surface area contributed by atoms with Gasteiger partial charge in [0.1, 0.15) is 23.0 Å². The van der Waals surface area contributed by atoms with Crippen LogP contribution in [-0.4, -0.2) is 18.7 Å². The van der Waals surface area contributed by atoms with E-state index in [1.165, 1.54) is 12.8 Å². The van der Waals surface area contributed by atoms with Crippen LogP contribution < -0.4 is 15.4 Å². The molecule has 1 atom stereocenters. The first-order valence-corrected chi connectivity index (χ1v) is 8.91. The molecule has 1 aromatic carbocycles. The van der Waals surface area contributed by atoms with Crippen LogP contribution in [0.4, 0.5) is 11.4 Å². The third-order valence-corrected chi connectivity index (χ3v) is 5.88. The summed E-state index contributed by atoms with van der Waals surface area (Å²) < 4.78 is 6.39. The van der Waals surface area contributed by atoms with Gasteiger partial charge in [-0.05, 0) is 62.5 Å². The molecule has 3 aliphatic rings. The number of ether oxygens (including phenoxy) is 1. The standard InChI is InChI=1S/C19H25N3O/c1-13-4-2-9-22(12-13)17-15(11-20)18-14(10-16(17)21)5-8-19(23-18)6-3-7-19/h10,13H,2-9,12,21H2,1H3/t13-/m1/s1. The van der Waals surface area contributed by atoms with Gasteiger partial charge in [-0.25, -0.2) is 0 Å². The topological polar surface area (TPSA) is 62.3 Å². The Morgan fingerprint density at radius 3 is 2.83 bits per heavy atom. The zero-order valence-corrected chi connectivity index (χ0v) is 13.9. The minimum atomic E-state index is 0.00117. The predicted molar refractivity (Wildman–Crippen MR) is 91.7 cm³/mol. The van der Waals surface area contributed by atoms with Crippen molar-refractivity contribution < 1.29 is 4.74 Å². The molecule has 1 aromatic rings. The molecule has 122 valence electrons. The Balaban J connectivity index is 1.78. The molecule has 2 heterocycles. The molecule has 4 heteroatoms. The minimum absolute atomic E-state index is 0.00117. The normalized spacial score (nSPS) is 25.2. The van der Waals surface area contributed by atoms with Gasteiger partial charge in [-0.1, -0.05) is 6.92 Å². The molecule has 4 rings (SSSR count). The number of rotatable bonds is 1. The summed E-state index contributed by atoms with van der Waals surface area (Å²) in [7, 11) is 0. The average Bonchev–Trinajstić information content (AvgIpc) is 2.51. The van der Waals surface area contributed by atoms with Gasteiger partial charge < -0.3 is 15.4 Å². The van der Waals surface area contributed by atoms with Crippen molar-refractivity contribution in [2.24, 2.45) is 5.92 Å². The second-order valence-electron chi connectivity index (χ2n) is 7.62. The van der Waals surface area contributed by atoms with Gasteiger partial charge in [-0.3, -0.25) is 0 Å². The van der Waals surface area contributed by atoms with Crippen LogP contribution in [0.5, 0.6) is 5.75 Å². The highest BCUT2D eigenvalue weighted by atomic mass is 16.5. The maximum absolute atomic E-state index is 9.84. The molecule has 0 bridgehead atoms. The van der Waals surface area contributed by atoms with Crippen molar-refractivity contribution in [2.75, 3.05) is 23.7 Å². The summed E-state index contributed by atoms with van der Waals surface area (Å²) in [4.78, 5) is 2.30. The van der Waals surface area contributed by atoms with E-state index in [4.69, 9.17) is 10.5 Å². The van der Waals surface area contributed by atoms with E-state index in [1.54, 1.807) is 0 Å². The fourth-order valence-electron chi connectivity index (χ4n) is 4.43. The van der Waals surface area contributed by atoms with Gasteiger partial charge in [0.2, 0.25) is 0 Å². The van der Waals surface area contributed by atoms with Crippen LogP contribution in [-0.2, 0) is 6.42 Å². The molecule has 1 aliphatic carbocycles. The summed E-state index contributed by atoms with van der Waals surface area (Å²) in [5.74, 6) is 1.46. The molecular formula is C19H25N3O. The second-order valence-corrected chi connectivity index (χ2v) is 7.62. The summed E-state index contributed by atoms with van der Waals surface area (Å²) in [6, 6.07) is 4.47. The highest BCUT2D eigenvalue weighted by Gasteiger charge is 2.43. The quantitative estimate of drug-likeness (QED) is 0.805. The molecule has 0 amide bonds. The van der Waals surface area contributed by atoms with E-state index in [9.17, 15) is 5.26 Å². The van der Waals surface area contributed by atoms with E-state index in [-0.39, 0.29) is 5.60 Å². The molecule has 0 aromatic heterocycles. The number of nitrogens with two attached hydrogens (primary N) is 1. The molecule has 0 unspecified atom stereocenters. The lowest BCUT2D eigenvalue weighted by molar-refractivity contribution is -0.0251. The van der Waals surface area contributed by atoms with E-state index in [2.05, 4.69) is 24.0 Å². The van der Waals surface area contributed by atoms with Crippen LogP contribution in [0.3, 0.4) is 0 Å². The molecule has 2 N–H and O–H groups in total. The zero-order valence-electron chi connectivity index (χ0n) is 13.9. The Morgan fingerprint density at radius 2 is 2.17 bits per heavy atom. The van der Waals surface area contributed by atoms with E-state index in [0.29, 0.717) is 11.5 Å². The Kier molecular flexibility index (Phi) is 3.41. The fraction of sp³-hybridized carbons (Fsp3) is 0.632. The SMILES string of the molecule is C[C@@H]1CCCN(c2c(N)cc3c(c2C#N)OC2(CCC2)CC3)C1. The Bertz CT molecular complexity index is 672. The molecule has 4 nitrogen and oxygen atoms in total. The summed E-state index contributed by atoms with van der Waals surface area (Å²) >= 11 is 0. The molecule has 0 radical (unpaired) electrons. The number of hydrogen-bond donors (Lipinski definition) is 1. The van der Waals surface area contributed by atoms with Crippen molar-refractivity contribution in [1.29, 1.82) is 5.26 Å². The number of nitrogens with zero attached hydrogens (tertiary/aromatic N) is 2. The minimum Gasteiger partial charge on any atom is -0.486 e. The van der Waals surface area contributed by atoms with Crippen LogP contribution in [0.1, 0.15) is 56.6 Å². The van der Waals surface area contributed by atoms with Gasteiger partial charge in [0, 0.05) is 13.1 Å². The molecule has 23 heavy (non-hydrogen) atoms. The van der Waals surface area contributed by atoms with Gasteiger partial charge in [0.25, 0.3) is 0 Å². The van der Waals surface area contributed by atoms with Gasteiger partial charge in [0.15, 0.2) is 0 Å². The monoisotopic (exact) mass is 311 g/mol. The van der Waals surface area contributed by atoms with E-state index in [0.717, 1.165) is 67.9 Å². The predicted octanol–water partition coefficient (Wildman–Crippen LogP) is 3.62. The van der Waals surface area contributed by atoms with E-state index >= 15 is 0 Å². The number of piperidine rings is 1. The van der Waals surface area contributed by atoms with E-state index in [1.807, 2.05) is 0 Å². The van der Waals surface area contributed by atoms with Crippen molar-refractivity contribution in [3.8, 4) is 11.8 Å². The van der Waals surface area contributed by atoms with Crippen LogP contribution in [0.25, 0.3) is 0 Å². The van der Waals surface area contributed by atoms with Crippen molar-refractivity contribution in [2.45, 2.75) is 57.5 Å². The lowest BCUT2D eigenvalue weighted by Crippen LogP contribution is -2.46. The molecule has 2 fully saturated rings. The average molecular weight is 311 g/mol. The van der Waals surface area contributed by atoms with Gasteiger partial charge in [-0.15, -0.1) is 0 Å². The highest BCUT2D eigenvalue weighted by molar-refractivity contribution is 5.80. The molecule has 1 saturated heterocycles. The number of aryl methyl sites for hydroxylation is 1. The Labute approximate surface area is 138 Å². The number of hydrogen-bond acceptors (Lipinski definition) is 4. The maximum Gasteiger partial charge on any atom is 0.143 e. The van der Waals surface area contributed by atoms with Crippen molar-refractivity contribution in [3.63, 3.8) is 0 Å². The first-order valence-electron chi connectivity index (χ1n) is 8.91. The summed E-state index contributed by atoms with van der Waals surface area (Å²) in [5.41, 5.74) is 9.80. The lowest BCUT2D eigenvalue weighted by atomic mass is 9.74. The second kappa shape index (κ2) is 5.33. The summed E-state index contributed by atoms with van der Waals surface area (Å²) in [6.45, 7) is 4.22. The molecule has 2 aliphatic heterocycles. The first kappa shape index (κ1) is 14.7. The van der Waals surface area contributed by atoms with Crippen LogP contribution in [0, 0.1) is 17.2 Å². The zero-order chi connectivity index (χ0) is 16.0. The van der Waals surface area contributed by atoms with Crippen molar-refractivity contribution >= 4 is 11.4 Å². The maximum atomic E-state index is 9.84. The number of benzene rings is 1. The highest BCUT2D eigenvalue weighted by Crippen LogP contribution is 2.49. The Morgan fingerprint density at radius 1 is 1.35 bits per heavy atom. The summed E-state index contributed by atoms with van der Waals surface area (Å²) in [5, 5.41) is 9.84. The summed E-state index contributed by atoms with van der Waals surface area (Å²) in [6.07, 6.45) is 7.93. The molecule has 1 spiro atoms. The third-order valence-electron chi connectivity index (χ3n) is 5.88.